The molecule has 4 heteroatoms. The van der Waals surface area contributed by atoms with Gasteiger partial charge in [0.1, 0.15) is 17.2 Å². The van der Waals surface area contributed by atoms with Gasteiger partial charge in [0.25, 0.3) is 0 Å². The van der Waals surface area contributed by atoms with Crippen LogP contribution >= 0.6 is 0 Å². The highest BCUT2D eigenvalue weighted by molar-refractivity contribution is 6.10. The molecule has 2 aromatic heterocycles. The van der Waals surface area contributed by atoms with Gasteiger partial charge in [0.05, 0.1) is 38.9 Å². The molecular weight excluding hydrogens is 649 g/mol. The first-order chi connectivity index (χ1) is 26.3. The van der Waals surface area contributed by atoms with Gasteiger partial charge in [-0.25, -0.2) is 0 Å². The third-order valence-electron chi connectivity index (χ3n) is 11.4. The second kappa shape index (κ2) is 10.5. The van der Waals surface area contributed by atoms with E-state index in [1.54, 1.807) is 0 Å². The zero-order valence-electron chi connectivity index (χ0n) is 28.5. The van der Waals surface area contributed by atoms with E-state index in [4.69, 9.17) is 9.47 Å². The second-order valence-electron chi connectivity index (χ2n) is 14.0. The number of hydrogen-bond donors (Lipinski definition) is 0. The lowest BCUT2D eigenvalue weighted by Gasteiger charge is -2.46. The van der Waals surface area contributed by atoms with Crippen molar-refractivity contribution in [2.75, 3.05) is 0 Å². The molecule has 1 spiro atoms. The topological polar surface area (TPSA) is 28.3 Å². The van der Waals surface area contributed by atoms with Crippen LogP contribution in [0.4, 0.5) is 0 Å². The lowest BCUT2D eigenvalue weighted by molar-refractivity contribution is 0.398. The molecule has 0 bridgehead atoms. The fourth-order valence-electron chi connectivity index (χ4n) is 9.43. The second-order valence-corrected chi connectivity index (χ2v) is 14.0. The summed E-state index contributed by atoms with van der Waals surface area (Å²) < 4.78 is 18.9. The SMILES string of the molecule is c1ccc2c(c1)Oc1cccc(-n3c4ccccc4c4ccccc43)c1C21c2ccccc2Oc2c(-n3c4ccccc4c4ccccc43)cccc21. The van der Waals surface area contributed by atoms with E-state index in [2.05, 4.69) is 191 Å². The predicted octanol–water partition coefficient (Wildman–Crippen LogP) is 12.5. The maximum atomic E-state index is 7.19. The zero-order valence-corrected chi connectivity index (χ0v) is 28.5. The Labute approximate surface area is 305 Å². The van der Waals surface area contributed by atoms with Crippen LogP contribution in [-0.4, -0.2) is 9.13 Å². The Bertz CT molecular complexity index is 3030. The Kier molecular flexibility index (Phi) is 5.67. The standard InChI is InChI=1S/C49H30N2O2/c1-7-22-38-31(15-1)32-16-2-8-23-39(32)50(38)42-26-14-30-46-47(42)49(35-19-5-11-28-44(35)52-46)36-20-6-12-29-45(36)53-48-37(49)21-13-27-43(48)51-40-24-9-3-17-33(40)34-18-4-10-25-41(34)51/h1-30H. The Balaban J connectivity index is 1.27. The number of benzene rings is 8. The summed E-state index contributed by atoms with van der Waals surface area (Å²) in [4.78, 5) is 0. The van der Waals surface area contributed by atoms with Crippen molar-refractivity contribution in [1.82, 2.24) is 9.13 Å². The van der Waals surface area contributed by atoms with Crippen molar-refractivity contribution in [3.8, 4) is 34.4 Å². The van der Waals surface area contributed by atoms with E-state index >= 15 is 0 Å². The maximum absolute atomic E-state index is 7.19. The van der Waals surface area contributed by atoms with Crippen molar-refractivity contribution in [3.63, 3.8) is 0 Å². The van der Waals surface area contributed by atoms with Gasteiger partial charge in [0.15, 0.2) is 5.75 Å². The third-order valence-corrected chi connectivity index (χ3v) is 11.4. The average molecular weight is 679 g/mol. The molecule has 0 aliphatic carbocycles. The van der Waals surface area contributed by atoms with Crippen LogP contribution in [0.5, 0.6) is 23.0 Å². The first-order valence-corrected chi connectivity index (χ1v) is 18.1. The minimum Gasteiger partial charge on any atom is -0.457 e. The molecule has 0 saturated heterocycles. The Morgan fingerprint density at radius 1 is 0.321 bits per heavy atom. The summed E-state index contributed by atoms with van der Waals surface area (Å²) in [6, 6.07) is 65.0. The van der Waals surface area contributed by atoms with Crippen LogP contribution in [0, 0.1) is 0 Å². The maximum Gasteiger partial charge on any atom is 0.156 e. The van der Waals surface area contributed by atoms with E-state index in [0.29, 0.717) is 0 Å². The quantitative estimate of drug-likeness (QED) is 0.182. The Morgan fingerprint density at radius 3 is 1.28 bits per heavy atom. The Hall–Kier alpha value is -7.04. The molecule has 53 heavy (non-hydrogen) atoms. The molecular formula is C49H30N2O2. The van der Waals surface area contributed by atoms with Gasteiger partial charge in [-0.3, -0.25) is 0 Å². The molecule has 0 radical (unpaired) electrons. The lowest BCUT2D eigenvalue weighted by Crippen LogP contribution is -2.38. The van der Waals surface area contributed by atoms with Crippen molar-refractivity contribution in [1.29, 1.82) is 0 Å². The van der Waals surface area contributed by atoms with E-state index in [1.165, 1.54) is 21.5 Å². The number of rotatable bonds is 2. The molecule has 4 heterocycles. The summed E-state index contributed by atoms with van der Waals surface area (Å²) in [5.41, 5.74) is 10.2. The van der Waals surface area contributed by atoms with Crippen molar-refractivity contribution in [2.45, 2.75) is 5.41 Å². The number of para-hydroxylation sites is 7. The molecule has 1 atom stereocenters. The first-order valence-electron chi connectivity index (χ1n) is 18.1. The van der Waals surface area contributed by atoms with Crippen LogP contribution < -0.4 is 9.47 Å². The fourth-order valence-corrected chi connectivity index (χ4v) is 9.43. The highest BCUT2D eigenvalue weighted by atomic mass is 16.5. The normalized spacial score (nSPS) is 15.5. The molecule has 10 aromatic rings. The summed E-state index contributed by atoms with van der Waals surface area (Å²) in [7, 11) is 0. The van der Waals surface area contributed by atoms with Crippen molar-refractivity contribution < 1.29 is 9.47 Å². The summed E-state index contributed by atoms with van der Waals surface area (Å²) in [6.45, 7) is 0. The Morgan fingerprint density at radius 2 is 0.717 bits per heavy atom. The third kappa shape index (κ3) is 3.64. The van der Waals surface area contributed by atoms with E-state index in [0.717, 1.165) is 78.7 Å². The number of aromatic nitrogens is 2. The number of nitrogens with zero attached hydrogens (tertiary/aromatic N) is 2. The minimum atomic E-state index is -0.799. The van der Waals surface area contributed by atoms with E-state index in [9.17, 15) is 0 Å². The summed E-state index contributed by atoms with van der Waals surface area (Å²) >= 11 is 0. The van der Waals surface area contributed by atoms with Gasteiger partial charge in [-0.15, -0.1) is 0 Å². The van der Waals surface area contributed by atoms with Gasteiger partial charge in [0, 0.05) is 43.8 Å². The minimum absolute atomic E-state index is 0.799. The molecule has 2 aliphatic heterocycles. The summed E-state index contributed by atoms with van der Waals surface area (Å²) in [6.07, 6.45) is 0. The lowest BCUT2D eigenvalue weighted by atomic mass is 9.61. The van der Waals surface area contributed by atoms with Crippen molar-refractivity contribution in [2.24, 2.45) is 0 Å². The largest absolute Gasteiger partial charge is 0.457 e. The van der Waals surface area contributed by atoms with Gasteiger partial charge in [-0.2, -0.15) is 0 Å². The van der Waals surface area contributed by atoms with Crippen LogP contribution in [0.3, 0.4) is 0 Å². The zero-order chi connectivity index (χ0) is 34.7. The van der Waals surface area contributed by atoms with Crippen LogP contribution in [-0.2, 0) is 5.41 Å². The predicted molar refractivity (Wildman–Crippen MR) is 214 cm³/mol. The van der Waals surface area contributed by atoms with E-state index in [1.807, 2.05) is 0 Å². The van der Waals surface area contributed by atoms with Gasteiger partial charge >= 0.3 is 0 Å². The first kappa shape index (κ1) is 28.6. The highest BCUT2D eigenvalue weighted by Gasteiger charge is 2.52. The number of hydrogen-bond acceptors (Lipinski definition) is 2. The monoisotopic (exact) mass is 678 g/mol. The fraction of sp³-hybridized carbons (Fsp3) is 0.0204. The van der Waals surface area contributed by atoms with Crippen LogP contribution in [0.25, 0.3) is 55.0 Å². The van der Waals surface area contributed by atoms with Gasteiger partial charge in [-0.05, 0) is 54.6 Å². The number of fused-ring (bicyclic) bond motifs is 14. The van der Waals surface area contributed by atoms with Gasteiger partial charge in [-0.1, -0.05) is 127 Å². The van der Waals surface area contributed by atoms with Crippen molar-refractivity contribution in [3.05, 3.63) is 204 Å². The molecule has 12 rings (SSSR count). The number of ether oxygens (including phenoxy) is 2. The van der Waals surface area contributed by atoms with E-state index < -0.39 is 5.41 Å². The molecule has 0 saturated carbocycles. The molecule has 248 valence electrons. The molecule has 1 unspecified atom stereocenters. The smallest absolute Gasteiger partial charge is 0.156 e. The van der Waals surface area contributed by atoms with Gasteiger partial charge < -0.3 is 18.6 Å². The van der Waals surface area contributed by atoms with Crippen LogP contribution in [0.1, 0.15) is 22.3 Å². The molecule has 8 aromatic carbocycles. The molecule has 0 N–H and O–H groups in total. The molecule has 2 aliphatic rings. The molecule has 0 amide bonds. The van der Waals surface area contributed by atoms with E-state index in [-0.39, 0.29) is 0 Å². The molecule has 0 fully saturated rings. The molecule has 4 nitrogen and oxygen atoms in total. The van der Waals surface area contributed by atoms with Crippen LogP contribution in [0.15, 0.2) is 182 Å². The summed E-state index contributed by atoms with van der Waals surface area (Å²) in [5.74, 6) is 3.32. The summed E-state index contributed by atoms with van der Waals surface area (Å²) in [5, 5.41) is 4.85. The average Bonchev–Trinajstić information content (AvgIpc) is 3.73. The van der Waals surface area contributed by atoms with Crippen molar-refractivity contribution >= 4 is 43.6 Å². The van der Waals surface area contributed by atoms with Gasteiger partial charge in [0.2, 0.25) is 0 Å². The highest BCUT2D eigenvalue weighted by Crippen LogP contribution is 2.63. The van der Waals surface area contributed by atoms with Crippen LogP contribution in [0.2, 0.25) is 0 Å².